The van der Waals surface area contributed by atoms with Crippen molar-refractivity contribution >= 4 is 6.03 Å². The first kappa shape index (κ1) is 20.5. The summed E-state index contributed by atoms with van der Waals surface area (Å²) in [5, 5.41) is 17.0. The van der Waals surface area contributed by atoms with Crippen molar-refractivity contribution in [3.05, 3.63) is 41.0 Å². The van der Waals surface area contributed by atoms with E-state index >= 15 is 0 Å². The van der Waals surface area contributed by atoms with Crippen LogP contribution >= 0.6 is 0 Å². The summed E-state index contributed by atoms with van der Waals surface area (Å²) >= 11 is 0. The van der Waals surface area contributed by atoms with Gasteiger partial charge in [-0.25, -0.2) is 9.78 Å². The highest BCUT2D eigenvalue weighted by molar-refractivity contribution is 5.76. The van der Waals surface area contributed by atoms with Crippen LogP contribution in [-0.2, 0) is 0 Å². The summed E-state index contributed by atoms with van der Waals surface area (Å²) in [6.07, 6.45) is 4.41. The van der Waals surface area contributed by atoms with Crippen LogP contribution in [0.4, 0.5) is 4.79 Å². The lowest BCUT2D eigenvalue weighted by molar-refractivity contribution is -0.0665. The zero-order valence-electron chi connectivity index (χ0n) is 19.3. The van der Waals surface area contributed by atoms with E-state index in [1.165, 1.54) is 0 Å². The van der Waals surface area contributed by atoms with Crippen LogP contribution in [0.3, 0.4) is 0 Å². The molecule has 0 unspecified atom stereocenters. The summed E-state index contributed by atoms with van der Waals surface area (Å²) in [5.41, 5.74) is 2.04. The highest BCUT2D eigenvalue weighted by Crippen LogP contribution is 2.55. The lowest BCUT2D eigenvalue weighted by Crippen LogP contribution is -2.68. The SMILES string of the molecule is CC(C)c1n[nH]c(C2CC3(C2)CN(C(=O)N2CC(Oc4cccc(C5CC5)c4C#N)C2)C3)n1. The number of carbonyl (C=O) groups is 1. The fraction of sp³-hybridized carbons (Fsp3) is 0.600. The normalized spacial score (nSPS) is 22.0. The minimum atomic E-state index is -0.0413. The number of amides is 2. The number of aromatic amines is 1. The summed E-state index contributed by atoms with van der Waals surface area (Å²) in [5.74, 6) is 3.82. The number of rotatable bonds is 5. The van der Waals surface area contributed by atoms with Gasteiger partial charge in [0.1, 0.15) is 23.7 Å². The van der Waals surface area contributed by atoms with E-state index in [2.05, 4.69) is 35.1 Å². The van der Waals surface area contributed by atoms with E-state index in [4.69, 9.17) is 4.74 Å². The van der Waals surface area contributed by atoms with E-state index in [-0.39, 0.29) is 17.6 Å². The number of hydrogen-bond acceptors (Lipinski definition) is 5. The number of nitrogens with one attached hydrogen (secondary N) is 1. The van der Waals surface area contributed by atoms with Gasteiger partial charge in [0.25, 0.3) is 0 Å². The molecule has 6 rings (SSSR count). The van der Waals surface area contributed by atoms with Gasteiger partial charge in [-0.1, -0.05) is 26.0 Å². The molecule has 0 atom stereocenters. The fourth-order valence-corrected chi connectivity index (χ4v) is 5.61. The minimum absolute atomic E-state index is 0.0413. The second-order valence-corrected chi connectivity index (χ2v) is 10.7. The van der Waals surface area contributed by atoms with Crippen molar-refractivity contribution in [3.63, 3.8) is 0 Å². The Labute approximate surface area is 193 Å². The molecule has 2 aliphatic carbocycles. The smallest absolute Gasteiger partial charge is 0.320 e. The Balaban J connectivity index is 0.978. The predicted molar refractivity (Wildman–Crippen MR) is 121 cm³/mol. The first-order valence-electron chi connectivity index (χ1n) is 12.1. The molecule has 2 aliphatic heterocycles. The Morgan fingerprint density at radius 1 is 1.21 bits per heavy atom. The second kappa shape index (κ2) is 7.47. The Bertz CT molecular complexity index is 1110. The van der Waals surface area contributed by atoms with Gasteiger partial charge in [0.15, 0.2) is 5.82 Å². The highest BCUT2D eigenvalue weighted by atomic mass is 16.5. The fourth-order valence-electron chi connectivity index (χ4n) is 5.61. The molecule has 2 saturated heterocycles. The molecule has 4 aliphatic rings. The number of aromatic nitrogens is 3. The van der Waals surface area contributed by atoms with Gasteiger partial charge >= 0.3 is 6.03 Å². The molecule has 1 spiro atoms. The van der Waals surface area contributed by atoms with Crippen molar-refractivity contribution in [2.75, 3.05) is 26.2 Å². The van der Waals surface area contributed by atoms with Crippen molar-refractivity contribution in [3.8, 4) is 11.8 Å². The van der Waals surface area contributed by atoms with E-state index in [0.29, 0.717) is 42.2 Å². The zero-order valence-corrected chi connectivity index (χ0v) is 19.3. The van der Waals surface area contributed by atoms with Gasteiger partial charge in [0.2, 0.25) is 0 Å². The molecule has 1 N–H and O–H groups in total. The summed E-state index contributed by atoms with van der Waals surface area (Å²) in [7, 11) is 0. The first-order chi connectivity index (χ1) is 15.9. The van der Waals surface area contributed by atoms with E-state index in [1.807, 2.05) is 28.0 Å². The predicted octanol–water partition coefficient (Wildman–Crippen LogP) is 3.74. The van der Waals surface area contributed by atoms with Crippen molar-refractivity contribution in [2.24, 2.45) is 5.41 Å². The van der Waals surface area contributed by atoms with Crippen LogP contribution in [0.1, 0.15) is 80.1 Å². The standard InChI is InChI=1S/C25H30N6O2/c1-15(2)22-27-23(29-28-22)17-8-25(9-17)13-31(14-25)24(32)30-11-18(12-30)33-21-5-3-4-19(16-6-7-16)20(21)10-26/h3-5,15-18H,6-9,11-14H2,1-2H3,(H,27,28,29). The maximum Gasteiger partial charge on any atom is 0.320 e. The first-order valence-corrected chi connectivity index (χ1v) is 12.1. The molecule has 4 fully saturated rings. The Kier molecular flexibility index (Phi) is 4.65. The molecule has 172 valence electrons. The summed E-state index contributed by atoms with van der Waals surface area (Å²) in [6.45, 7) is 7.03. The summed E-state index contributed by atoms with van der Waals surface area (Å²) in [4.78, 5) is 21.3. The van der Waals surface area contributed by atoms with Gasteiger partial charge in [0.05, 0.1) is 18.7 Å². The third-order valence-electron chi connectivity index (χ3n) is 7.70. The number of ether oxygens (including phenoxy) is 1. The summed E-state index contributed by atoms with van der Waals surface area (Å²) in [6, 6.07) is 8.32. The average molecular weight is 447 g/mol. The number of H-pyrrole nitrogens is 1. The third-order valence-corrected chi connectivity index (χ3v) is 7.70. The number of carbonyl (C=O) groups excluding carboxylic acids is 1. The van der Waals surface area contributed by atoms with E-state index < -0.39 is 0 Å². The molecule has 2 saturated carbocycles. The molecule has 8 heteroatoms. The van der Waals surface area contributed by atoms with E-state index in [9.17, 15) is 10.1 Å². The molecule has 2 amide bonds. The lowest BCUT2D eigenvalue weighted by Gasteiger charge is -2.59. The van der Waals surface area contributed by atoms with Crippen LogP contribution in [0.25, 0.3) is 0 Å². The maximum atomic E-state index is 12.9. The molecular weight excluding hydrogens is 416 g/mol. The quantitative estimate of drug-likeness (QED) is 0.754. The molecule has 2 aromatic rings. The molecule has 1 aromatic heterocycles. The number of hydrogen-bond donors (Lipinski definition) is 1. The molecule has 0 radical (unpaired) electrons. The zero-order chi connectivity index (χ0) is 22.7. The number of nitriles is 1. The van der Waals surface area contributed by atoms with E-state index in [0.717, 1.165) is 56.0 Å². The van der Waals surface area contributed by atoms with Crippen molar-refractivity contribution in [1.82, 2.24) is 25.0 Å². The molecule has 0 bridgehead atoms. The van der Waals surface area contributed by atoms with Crippen LogP contribution in [0, 0.1) is 16.7 Å². The van der Waals surface area contributed by atoms with E-state index in [1.54, 1.807) is 0 Å². The molecule has 1 aromatic carbocycles. The van der Waals surface area contributed by atoms with Gasteiger partial charge in [-0.2, -0.15) is 10.4 Å². The average Bonchev–Trinajstić information content (AvgIpc) is 3.44. The maximum absolute atomic E-state index is 12.9. The topological polar surface area (TPSA) is 98.1 Å². The number of urea groups is 1. The summed E-state index contributed by atoms with van der Waals surface area (Å²) < 4.78 is 6.11. The van der Waals surface area contributed by atoms with Gasteiger partial charge in [0, 0.05) is 30.3 Å². The molecular formula is C25H30N6O2. The number of likely N-dealkylation sites (tertiary alicyclic amines) is 2. The molecule has 8 nitrogen and oxygen atoms in total. The van der Waals surface area contributed by atoms with Crippen LogP contribution in [0.15, 0.2) is 18.2 Å². The van der Waals surface area contributed by atoms with Gasteiger partial charge in [-0.15, -0.1) is 0 Å². The van der Waals surface area contributed by atoms with Crippen LogP contribution in [0.2, 0.25) is 0 Å². The second-order valence-electron chi connectivity index (χ2n) is 10.7. The third kappa shape index (κ3) is 3.54. The van der Waals surface area contributed by atoms with Crippen LogP contribution < -0.4 is 4.74 Å². The molecule has 3 heterocycles. The Hall–Kier alpha value is -3.08. The highest BCUT2D eigenvalue weighted by Gasteiger charge is 2.56. The van der Waals surface area contributed by atoms with Gasteiger partial charge < -0.3 is 14.5 Å². The molecule has 33 heavy (non-hydrogen) atoms. The van der Waals surface area contributed by atoms with Crippen molar-refractivity contribution in [1.29, 1.82) is 5.26 Å². The Morgan fingerprint density at radius 2 is 1.97 bits per heavy atom. The van der Waals surface area contributed by atoms with Crippen LogP contribution in [-0.4, -0.2) is 63.3 Å². The lowest BCUT2D eigenvalue weighted by atomic mass is 9.57. The monoisotopic (exact) mass is 446 g/mol. The van der Waals surface area contributed by atoms with Crippen LogP contribution in [0.5, 0.6) is 5.75 Å². The number of benzene rings is 1. The van der Waals surface area contributed by atoms with Gasteiger partial charge in [-0.3, -0.25) is 5.10 Å². The number of nitrogens with zero attached hydrogens (tertiary/aromatic N) is 5. The minimum Gasteiger partial charge on any atom is -0.485 e. The van der Waals surface area contributed by atoms with Crippen molar-refractivity contribution in [2.45, 2.75) is 63.4 Å². The van der Waals surface area contributed by atoms with Gasteiger partial charge in [-0.05, 0) is 43.2 Å². The largest absolute Gasteiger partial charge is 0.485 e. The Morgan fingerprint density at radius 3 is 2.61 bits per heavy atom. The van der Waals surface area contributed by atoms with Crippen molar-refractivity contribution < 1.29 is 9.53 Å².